The Bertz CT molecular complexity index is 654. The van der Waals surface area contributed by atoms with Crippen LogP contribution in [0.1, 0.15) is 110 Å². The summed E-state index contributed by atoms with van der Waals surface area (Å²) in [4.78, 5) is 41.0. The zero-order chi connectivity index (χ0) is 30.7. The van der Waals surface area contributed by atoms with Crippen molar-refractivity contribution in [2.75, 3.05) is 54.6 Å². The van der Waals surface area contributed by atoms with Crippen LogP contribution in [0, 0.1) is 0 Å². The summed E-state index contributed by atoms with van der Waals surface area (Å²) in [6, 6.07) is 0. The number of nitrogens with one attached hydrogen (secondary N) is 1. The number of carbonyl (C=O) groups excluding carboxylic acids is 2. The molecular formula is C28H59N2O9P. The van der Waals surface area contributed by atoms with Crippen molar-refractivity contribution in [1.82, 2.24) is 5.32 Å². The van der Waals surface area contributed by atoms with Crippen molar-refractivity contribution in [3.8, 4) is 0 Å². The number of carbonyl (C=O) groups is 2. The molecule has 0 bridgehead atoms. The van der Waals surface area contributed by atoms with Crippen molar-refractivity contribution in [3.05, 3.63) is 0 Å². The molecule has 0 aliphatic rings. The second-order valence-corrected chi connectivity index (χ2v) is 12.4. The number of methoxy groups -OCH3 is 1. The Morgan fingerprint density at radius 3 is 1.70 bits per heavy atom. The van der Waals surface area contributed by atoms with Crippen LogP contribution in [0.4, 0.5) is 4.79 Å². The van der Waals surface area contributed by atoms with Crippen molar-refractivity contribution in [1.29, 1.82) is 0 Å². The van der Waals surface area contributed by atoms with Crippen LogP contribution in [0.5, 0.6) is 0 Å². The van der Waals surface area contributed by atoms with Crippen LogP contribution in [-0.4, -0.2) is 87.2 Å². The lowest BCUT2D eigenvalue weighted by molar-refractivity contribution is -0.870. The zero-order valence-electron chi connectivity index (χ0n) is 25.9. The molecule has 0 aliphatic heterocycles. The molecule has 3 N–H and O–H groups in total. The van der Waals surface area contributed by atoms with Crippen LogP contribution in [0.3, 0.4) is 0 Å². The summed E-state index contributed by atoms with van der Waals surface area (Å²) in [5.41, 5.74) is 0. The fraction of sp³-hybridized carbons (Fsp3) is 0.929. The van der Waals surface area contributed by atoms with Crippen LogP contribution in [0.15, 0.2) is 0 Å². The van der Waals surface area contributed by atoms with Gasteiger partial charge in [0.1, 0.15) is 19.3 Å². The summed E-state index contributed by atoms with van der Waals surface area (Å²) in [5.74, 6) is -0.0772. The Morgan fingerprint density at radius 1 is 0.875 bits per heavy atom. The van der Waals surface area contributed by atoms with Gasteiger partial charge in [-0.2, -0.15) is 0 Å². The molecule has 40 heavy (non-hydrogen) atoms. The van der Waals surface area contributed by atoms with Gasteiger partial charge >= 0.3 is 6.16 Å². The van der Waals surface area contributed by atoms with Gasteiger partial charge in [-0.1, -0.05) is 96.8 Å². The fourth-order valence-electron chi connectivity index (χ4n) is 3.73. The first-order valence-corrected chi connectivity index (χ1v) is 16.4. The quantitative estimate of drug-likeness (QED) is 0.0622. The minimum absolute atomic E-state index is 0.0147. The minimum Gasteiger partial charge on any atom is -0.756 e. The molecular weight excluding hydrogens is 539 g/mol. The number of aliphatic hydroxyl groups is 1. The Labute approximate surface area is 243 Å². The third-order valence-electron chi connectivity index (χ3n) is 6.18. The van der Waals surface area contributed by atoms with Gasteiger partial charge in [-0.15, -0.1) is 0 Å². The number of hydrogen-bond acceptors (Lipinski definition) is 8. The SMILES string of the molecule is CCCCCCCCCCCCCCCCCC(=O)NCC(CO)OC(=O)OC.C[N+](C)(C)CCOP(=O)([O-])O. The third-order valence-corrected chi connectivity index (χ3v) is 6.69. The van der Waals surface area contributed by atoms with Crippen LogP contribution in [0.25, 0.3) is 0 Å². The smallest absolute Gasteiger partial charge is 0.508 e. The number of phosphoric acid groups is 1. The van der Waals surface area contributed by atoms with Gasteiger partial charge in [0.15, 0.2) is 0 Å². The summed E-state index contributed by atoms with van der Waals surface area (Å²) in [6.07, 6.45) is 18.3. The average molecular weight is 599 g/mol. The molecule has 0 heterocycles. The number of hydrogen-bond donors (Lipinski definition) is 3. The highest BCUT2D eigenvalue weighted by atomic mass is 31.2. The number of ether oxygens (including phenoxy) is 2. The Balaban J connectivity index is 0. The highest BCUT2D eigenvalue weighted by molar-refractivity contribution is 7.44. The van der Waals surface area contributed by atoms with Gasteiger partial charge in [0.05, 0.1) is 41.4 Å². The molecule has 0 aromatic rings. The first-order chi connectivity index (χ1) is 18.8. The Hall–Kier alpha value is -1.23. The van der Waals surface area contributed by atoms with Gasteiger partial charge in [0, 0.05) is 6.42 Å². The molecule has 11 nitrogen and oxygen atoms in total. The molecule has 0 spiro atoms. The standard InChI is InChI=1S/C23H45NO5.C5H14NO4P/c1-3-4-5-6-7-8-9-10-11-12-13-14-15-16-17-18-22(26)24-19-21(20-25)29-23(27)28-2;1-6(2,3)4-5-10-11(7,8)9/h21,25H,3-20H2,1-2H3,(H,24,26);4-5H2,1-3H3,(H-,7,8,9). The molecule has 2 atom stereocenters. The minimum atomic E-state index is -4.51. The van der Waals surface area contributed by atoms with Crippen LogP contribution in [-0.2, 0) is 23.4 Å². The lowest BCUT2D eigenvalue weighted by Crippen LogP contribution is -2.37. The molecule has 2 unspecified atom stereocenters. The molecule has 0 fully saturated rings. The first kappa shape index (κ1) is 40.9. The molecule has 0 rings (SSSR count). The fourth-order valence-corrected chi connectivity index (χ4v) is 4.04. The predicted molar refractivity (Wildman–Crippen MR) is 156 cm³/mol. The van der Waals surface area contributed by atoms with E-state index in [-0.39, 0.29) is 25.7 Å². The highest BCUT2D eigenvalue weighted by Gasteiger charge is 2.14. The van der Waals surface area contributed by atoms with Crippen LogP contribution >= 0.6 is 7.82 Å². The molecule has 0 radical (unpaired) electrons. The molecule has 0 aliphatic carbocycles. The second-order valence-electron chi connectivity index (χ2n) is 11.2. The van der Waals surface area contributed by atoms with Gasteiger partial charge in [-0.25, -0.2) is 4.79 Å². The molecule has 12 heteroatoms. The van der Waals surface area contributed by atoms with Gasteiger partial charge in [0.25, 0.3) is 7.82 Å². The largest absolute Gasteiger partial charge is 0.756 e. The van der Waals surface area contributed by atoms with E-state index in [9.17, 15) is 19.0 Å². The van der Waals surface area contributed by atoms with Crippen LogP contribution in [0.2, 0.25) is 0 Å². The topological polar surface area (TPSA) is 154 Å². The second kappa shape index (κ2) is 26.7. The third kappa shape index (κ3) is 34.8. The number of aliphatic hydroxyl groups excluding tert-OH is 1. The van der Waals surface area contributed by atoms with Gasteiger partial charge in [0.2, 0.25) is 5.91 Å². The summed E-state index contributed by atoms with van der Waals surface area (Å²) < 4.78 is 24.0. The van der Waals surface area contributed by atoms with Crippen molar-refractivity contribution < 1.29 is 47.5 Å². The normalized spacial score (nSPS) is 13.5. The highest BCUT2D eigenvalue weighted by Crippen LogP contribution is 2.29. The molecule has 1 amide bonds. The van der Waals surface area contributed by atoms with E-state index in [2.05, 4.69) is 21.5 Å². The zero-order valence-corrected chi connectivity index (χ0v) is 26.8. The molecule has 0 saturated carbocycles. The molecule has 0 saturated heterocycles. The van der Waals surface area contributed by atoms with E-state index >= 15 is 0 Å². The maximum absolute atomic E-state index is 11.8. The lowest BCUT2D eigenvalue weighted by atomic mass is 10.0. The van der Waals surface area contributed by atoms with Gasteiger partial charge < -0.3 is 38.7 Å². The van der Waals surface area contributed by atoms with E-state index in [0.29, 0.717) is 17.4 Å². The average Bonchev–Trinajstić information content (AvgIpc) is 2.87. The monoisotopic (exact) mass is 598 g/mol. The molecule has 0 aromatic heterocycles. The van der Waals surface area contributed by atoms with E-state index in [1.54, 1.807) is 0 Å². The number of unbranched alkanes of at least 4 members (excludes halogenated alkanes) is 14. The number of phosphoric ester groups is 1. The van der Waals surface area contributed by atoms with Crippen molar-refractivity contribution in [2.24, 2.45) is 0 Å². The van der Waals surface area contributed by atoms with E-state index < -0.39 is 20.1 Å². The van der Waals surface area contributed by atoms with Gasteiger partial charge in [-0.05, 0) is 6.42 Å². The number of rotatable bonds is 24. The molecule has 0 aromatic carbocycles. The first-order valence-electron chi connectivity index (χ1n) is 15.0. The van der Waals surface area contributed by atoms with Crippen LogP contribution < -0.4 is 10.2 Å². The Kier molecular flexibility index (Phi) is 27.3. The number of nitrogens with zero attached hydrogens (tertiary/aromatic N) is 1. The van der Waals surface area contributed by atoms with Crippen molar-refractivity contribution in [3.63, 3.8) is 0 Å². The van der Waals surface area contributed by atoms with E-state index in [1.165, 1.54) is 90.6 Å². The van der Waals surface area contributed by atoms with Gasteiger partial charge in [-0.3, -0.25) is 9.36 Å². The van der Waals surface area contributed by atoms with Crippen molar-refractivity contribution in [2.45, 2.75) is 116 Å². The van der Waals surface area contributed by atoms with Crippen molar-refractivity contribution >= 4 is 19.9 Å². The predicted octanol–water partition coefficient (Wildman–Crippen LogP) is 4.68. The number of quaternary nitrogens is 1. The van der Waals surface area contributed by atoms with E-state index in [1.807, 2.05) is 21.1 Å². The van der Waals surface area contributed by atoms with E-state index in [4.69, 9.17) is 14.7 Å². The Morgan fingerprint density at radius 2 is 1.32 bits per heavy atom. The maximum Gasteiger partial charge on any atom is 0.508 e. The number of amides is 1. The maximum atomic E-state index is 11.8. The summed E-state index contributed by atoms with van der Waals surface area (Å²) >= 11 is 0. The summed E-state index contributed by atoms with van der Waals surface area (Å²) in [5, 5.41) is 11.8. The van der Waals surface area contributed by atoms with E-state index in [0.717, 1.165) is 12.8 Å². The lowest BCUT2D eigenvalue weighted by Gasteiger charge is -2.25. The summed E-state index contributed by atoms with van der Waals surface area (Å²) in [7, 11) is 2.39. The molecule has 240 valence electrons. The summed E-state index contributed by atoms with van der Waals surface area (Å²) in [6.45, 7) is 2.56. The number of likely N-dealkylation sites (N-methyl/N-ethyl adjacent to an activating group) is 1.